The number of hydrogen-bond acceptors (Lipinski definition) is 2. The molecular weight excluding hydrogens is 234 g/mol. The lowest BCUT2D eigenvalue weighted by atomic mass is 9.40. The molecule has 0 amide bonds. The van der Waals surface area contributed by atoms with E-state index in [1.807, 2.05) is 0 Å². The van der Waals surface area contributed by atoms with Gasteiger partial charge in [0.15, 0.2) is 0 Å². The lowest BCUT2D eigenvalue weighted by molar-refractivity contribution is -0.147. The third-order valence-electron chi connectivity index (χ3n) is 6.16. The Morgan fingerprint density at radius 3 is 2.26 bits per heavy atom. The molecule has 0 aromatic rings. The molecule has 0 aromatic carbocycles. The third-order valence-corrected chi connectivity index (χ3v) is 6.16. The Balaban J connectivity index is 1.67. The molecule has 4 rings (SSSR count). The molecule has 0 radical (unpaired) electrons. The Morgan fingerprint density at radius 1 is 1.11 bits per heavy atom. The summed E-state index contributed by atoms with van der Waals surface area (Å²) in [5.41, 5.74) is 1.89. The van der Waals surface area contributed by atoms with Gasteiger partial charge in [0.25, 0.3) is 0 Å². The molecule has 0 aromatic heterocycles. The molecular formula is C17H31NO. The van der Waals surface area contributed by atoms with E-state index >= 15 is 0 Å². The van der Waals surface area contributed by atoms with Crippen LogP contribution in [0.5, 0.6) is 0 Å². The van der Waals surface area contributed by atoms with Crippen LogP contribution in [0.4, 0.5) is 0 Å². The average molecular weight is 265 g/mol. The minimum Gasteiger partial charge on any atom is -0.395 e. The highest BCUT2D eigenvalue weighted by molar-refractivity contribution is 5.10. The van der Waals surface area contributed by atoms with E-state index < -0.39 is 0 Å². The molecule has 0 saturated heterocycles. The van der Waals surface area contributed by atoms with Crippen LogP contribution in [0.2, 0.25) is 0 Å². The fourth-order valence-electron chi connectivity index (χ4n) is 6.61. The maximum absolute atomic E-state index is 9.12. The van der Waals surface area contributed by atoms with Gasteiger partial charge in [-0.3, -0.25) is 0 Å². The first-order chi connectivity index (χ1) is 8.86. The van der Waals surface area contributed by atoms with Crippen molar-refractivity contribution in [3.8, 4) is 0 Å². The Bertz CT molecular complexity index is 335. The molecule has 2 heteroatoms. The summed E-state index contributed by atoms with van der Waals surface area (Å²) in [7, 11) is 0. The summed E-state index contributed by atoms with van der Waals surface area (Å²) in [5.74, 6) is 1.00. The largest absolute Gasteiger partial charge is 0.395 e. The van der Waals surface area contributed by atoms with Crippen LogP contribution in [-0.4, -0.2) is 24.3 Å². The Morgan fingerprint density at radius 2 is 1.74 bits per heavy atom. The molecule has 3 atom stereocenters. The van der Waals surface area contributed by atoms with Gasteiger partial charge in [0, 0.05) is 6.04 Å². The van der Waals surface area contributed by atoms with E-state index in [1.165, 1.54) is 44.9 Å². The maximum atomic E-state index is 9.12. The van der Waals surface area contributed by atoms with Crippen molar-refractivity contribution in [2.75, 3.05) is 13.2 Å². The minimum absolute atomic E-state index is 0.250. The highest BCUT2D eigenvalue weighted by Crippen LogP contribution is 2.70. The van der Waals surface area contributed by atoms with Gasteiger partial charge in [-0.2, -0.15) is 0 Å². The van der Waals surface area contributed by atoms with Crippen molar-refractivity contribution >= 4 is 0 Å². The minimum atomic E-state index is 0.250. The van der Waals surface area contributed by atoms with E-state index in [9.17, 15) is 0 Å². The van der Waals surface area contributed by atoms with Crippen LogP contribution in [0.15, 0.2) is 0 Å². The number of hydrogen-bond donors (Lipinski definition) is 2. The molecule has 4 fully saturated rings. The second-order valence-electron chi connectivity index (χ2n) is 8.92. The lowest BCUT2D eigenvalue weighted by Gasteiger charge is -2.65. The van der Waals surface area contributed by atoms with Gasteiger partial charge in [0.05, 0.1) is 6.61 Å². The quantitative estimate of drug-likeness (QED) is 0.799. The van der Waals surface area contributed by atoms with Crippen LogP contribution in [0.1, 0.15) is 65.7 Å². The molecule has 0 spiro atoms. The van der Waals surface area contributed by atoms with Gasteiger partial charge in [0.1, 0.15) is 0 Å². The molecule has 3 unspecified atom stereocenters. The summed E-state index contributed by atoms with van der Waals surface area (Å²) < 4.78 is 0. The highest BCUT2D eigenvalue weighted by atomic mass is 16.3. The topological polar surface area (TPSA) is 32.3 Å². The van der Waals surface area contributed by atoms with Crippen molar-refractivity contribution in [2.24, 2.45) is 22.2 Å². The van der Waals surface area contributed by atoms with Gasteiger partial charge in [-0.15, -0.1) is 0 Å². The SMILES string of the molecule is CC(CO)NCCC12CC3CC(C)(CC(C)(C3)C1)C2. The van der Waals surface area contributed by atoms with Gasteiger partial charge in [-0.1, -0.05) is 13.8 Å². The van der Waals surface area contributed by atoms with Crippen LogP contribution in [0.3, 0.4) is 0 Å². The van der Waals surface area contributed by atoms with Crippen LogP contribution in [-0.2, 0) is 0 Å². The smallest absolute Gasteiger partial charge is 0.0581 e. The van der Waals surface area contributed by atoms with Crippen molar-refractivity contribution < 1.29 is 5.11 Å². The van der Waals surface area contributed by atoms with Crippen LogP contribution >= 0.6 is 0 Å². The van der Waals surface area contributed by atoms with Gasteiger partial charge in [0.2, 0.25) is 0 Å². The number of aliphatic hydroxyl groups is 1. The van der Waals surface area contributed by atoms with E-state index in [1.54, 1.807) is 0 Å². The Labute approximate surface area is 118 Å². The summed E-state index contributed by atoms with van der Waals surface area (Å²) in [6.45, 7) is 8.51. The fourth-order valence-corrected chi connectivity index (χ4v) is 6.61. The molecule has 110 valence electrons. The summed E-state index contributed by atoms with van der Waals surface area (Å²) in [4.78, 5) is 0. The van der Waals surface area contributed by atoms with Crippen LogP contribution in [0, 0.1) is 22.2 Å². The summed E-state index contributed by atoms with van der Waals surface area (Å²) >= 11 is 0. The van der Waals surface area contributed by atoms with Crippen molar-refractivity contribution in [1.29, 1.82) is 0 Å². The van der Waals surface area contributed by atoms with Crippen molar-refractivity contribution in [3.05, 3.63) is 0 Å². The van der Waals surface area contributed by atoms with E-state index in [0.717, 1.165) is 12.5 Å². The van der Waals surface area contributed by atoms with Crippen LogP contribution in [0.25, 0.3) is 0 Å². The number of aliphatic hydroxyl groups excluding tert-OH is 1. The fraction of sp³-hybridized carbons (Fsp3) is 1.00. The van der Waals surface area contributed by atoms with E-state index in [-0.39, 0.29) is 12.6 Å². The molecule has 0 aliphatic heterocycles. The van der Waals surface area contributed by atoms with E-state index in [2.05, 4.69) is 26.1 Å². The maximum Gasteiger partial charge on any atom is 0.0581 e. The van der Waals surface area contributed by atoms with Gasteiger partial charge in [-0.05, 0) is 80.6 Å². The second kappa shape index (κ2) is 4.46. The number of rotatable bonds is 5. The highest BCUT2D eigenvalue weighted by Gasteiger charge is 2.59. The number of nitrogens with one attached hydrogen (secondary N) is 1. The van der Waals surface area contributed by atoms with Crippen molar-refractivity contribution in [2.45, 2.75) is 71.8 Å². The Kier molecular flexibility index (Phi) is 3.26. The summed E-state index contributed by atoms with van der Waals surface area (Å²) in [6.07, 6.45) is 10.2. The molecule has 19 heavy (non-hydrogen) atoms. The first-order valence-electron chi connectivity index (χ1n) is 8.20. The van der Waals surface area contributed by atoms with Gasteiger partial charge < -0.3 is 10.4 Å². The zero-order valence-electron chi connectivity index (χ0n) is 13.0. The zero-order valence-corrected chi connectivity index (χ0v) is 13.0. The van der Waals surface area contributed by atoms with Crippen molar-refractivity contribution in [1.82, 2.24) is 5.32 Å². The summed E-state index contributed by atoms with van der Waals surface area (Å²) in [5, 5.41) is 12.6. The lowest BCUT2D eigenvalue weighted by Crippen LogP contribution is -2.55. The normalized spacial score (nSPS) is 49.6. The Hall–Kier alpha value is -0.0800. The first kappa shape index (κ1) is 13.9. The van der Waals surface area contributed by atoms with Crippen molar-refractivity contribution in [3.63, 3.8) is 0 Å². The van der Waals surface area contributed by atoms with Crippen LogP contribution < -0.4 is 5.32 Å². The van der Waals surface area contributed by atoms with Gasteiger partial charge in [-0.25, -0.2) is 0 Å². The van der Waals surface area contributed by atoms with Gasteiger partial charge >= 0.3 is 0 Å². The predicted molar refractivity (Wildman–Crippen MR) is 79.0 cm³/mol. The molecule has 2 nitrogen and oxygen atoms in total. The third kappa shape index (κ3) is 2.58. The molecule has 2 N–H and O–H groups in total. The van der Waals surface area contributed by atoms with E-state index in [0.29, 0.717) is 16.2 Å². The molecule has 0 heterocycles. The zero-order chi connectivity index (χ0) is 13.7. The monoisotopic (exact) mass is 265 g/mol. The first-order valence-corrected chi connectivity index (χ1v) is 8.20. The molecule has 4 saturated carbocycles. The average Bonchev–Trinajstić information content (AvgIpc) is 2.23. The standard InChI is InChI=1S/C17H31NO/c1-13(9-19)18-5-4-17-8-14-6-15(2,11-17)10-16(3,7-14)12-17/h13-14,18-19H,4-12H2,1-3H3. The molecule has 4 bridgehead atoms. The predicted octanol–water partition coefficient (Wildman–Crippen LogP) is 3.34. The van der Waals surface area contributed by atoms with E-state index in [4.69, 9.17) is 5.11 Å². The summed E-state index contributed by atoms with van der Waals surface area (Å²) in [6, 6.07) is 0.250. The molecule has 4 aliphatic rings. The molecule has 4 aliphatic carbocycles. The second-order valence-corrected chi connectivity index (χ2v) is 8.92.